The third-order valence-corrected chi connectivity index (χ3v) is 2.57. The van der Waals surface area contributed by atoms with Gasteiger partial charge in [-0.1, -0.05) is 22.0 Å². The lowest BCUT2D eigenvalue weighted by atomic mass is 10.2. The number of halogens is 1. The number of ether oxygens (including phenoxy) is 2. The molecule has 0 bridgehead atoms. The molecule has 0 saturated carbocycles. The van der Waals surface area contributed by atoms with Gasteiger partial charge >= 0.3 is 0 Å². The van der Waals surface area contributed by atoms with Gasteiger partial charge in [0.1, 0.15) is 12.4 Å². The second kappa shape index (κ2) is 6.01. The van der Waals surface area contributed by atoms with Crippen LogP contribution in [-0.2, 0) is 11.3 Å². The second-order valence-corrected chi connectivity index (χ2v) is 3.62. The van der Waals surface area contributed by atoms with Gasteiger partial charge < -0.3 is 15.2 Å². The molecule has 0 aliphatic rings. The van der Waals surface area contributed by atoms with Crippen molar-refractivity contribution in [3.8, 4) is 5.75 Å². The lowest BCUT2D eigenvalue weighted by molar-refractivity contribution is 0.145. The van der Waals surface area contributed by atoms with Gasteiger partial charge in [0.15, 0.2) is 0 Å². The van der Waals surface area contributed by atoms with E-state index >= 15 is 0 Å². The topological polar surface area (TPSA) is 44.5 Å². The maximum Gasteiger partial charge on any atom is 0.125 e. The molecule has 0 heterocycles. The van der Waals surface area contributed by atoms with Crippen molar-refractivity contribution in [3.05, 3.63) is 28.2 Å². The number of rotatable bonds is 5. The SMILES string of the molecule is COCCOc1cccc(Br)c1CN. The quantitative estimate of drug-likeness (QED) is 0.823. The molecule has 78 valence electrons. The van der Waals surface area contributed by atoms with E-state index in [0.717, 1.165) is 15.8 Å². The monoisotopic (exact) mass is 259 g/mol. The summed E-state index contributed by atoms with van der Waals surface area (Å²) in [6, 6.07) is 5.78. The van der Waals surface area contributed by atoms with Crippen molar-refractivity contribution in [2.45, 2.75) is 6.54 Å². The van der Waals surface area contributed by atoms with Gasteiger partial charge in [-0.15, -0.1) is 0 Å². The normalized spacial score (nSPS) is 10.2. The Kier molecular flexibility index (Phi) is 4.93. The first kappa shape index (κ1) is 11.5. The largest absolute Gasteiger partial charge is 0.491 e. The summed E-state index contributed by atoms with van der Waals surface area (Å²) >= 11 is 3.43. The van der Waals surface area contributed by atoms with Crippen molar-refractivity contribution in [1.82, 2.24) is 0 Å². The van der Waals surface area contributed by atoms with Crippen LogP contribution in [-0.4, -0.2) is 20.3 Å². The van der Waals surface area contributed by atoms with Gasteiger partial charge in [-0.2, -0.15) is 0 Å². The molecule has 1 rings (SSSR count). The summed E-state index contributed by atoms with van der Waals surface area (Å²) in [5.74, 6) is 0.818. The molecule has 0 spiro atoms. The summed E-state index contributed by atoms with van der Waals surface area (Å²) in [5, 5.41) is 0. The van der Waals surface area contributed by atoms with Crippen LogP contribution >= 0.6 is 15.9 Å². The fourth-order valence-corrected chi connectivity index (χ4v) is 1.62. The molecular weight excluding hydrogens is 246 g/mol. The Labute approximate surface area is 92.3 Å². The molecule has 0 amide bonds. The Bertz CT molecular complexity index is 291. The first-order valence-corrected chi connectivity index (χ1v) is 5.18. The number of hydrogen-bond acceptors (Lipinski definition) is 3. The van der Waals surface area contributed by atoms with Crippen molar-refractivity contribution in [2.75, 3.05) is 20.3 Å². The first-order valence-electron chi connectivity index (χ1n) is 4.38. The van der Waals surface area contributed by atoms with Gasteiger partial charge in [-0.25, -0.2) is 0 Å². The smallest absolute Gasteiger partial charge is 0.125 e. The third-order valence-electron chi connectivity index (χ3n) is 1.83. The van der Waals surface area contributed by atoms with Crippen molar-refractivity contribution in [3.63, 3.8) is 0 Å². The molecule has 0 saturated heterocycles. The van der Waals surface area contributed by atoms with E-state index in [9.17, 15) is 0 Å². The van der Waals surface area contributed by atoms with Crippen molar-refractivity contribution >= 4 is 15.9 Å². The highest BCUT2D eigenvalue weighted by Crippen LogP contribution is 2.26. The van der Waals surface area contributed by atoms with Crippen LogP contribution in [0.15, 0.2) is 22.7 Å². The summed E-state index contributed by atoms with van der Waals surface area (Å²) in [5.41, 5.74) is 6.60. The van der Waals surface area contributed by atoms with E-state index in [1.54, 1.807) is 7.11 Å². The molecule has 0 radical (unpaired) electrons. The highest BCUT2D eigenvalue weighted by Gasteiger charge is 2.05. The van der Waals surface area contributed by atoms with Gasteiger partial charge in [0.2, 0.25) is 0 Å². The first-order chi connectivity index (χ1) is 6.79. The van der Waals surface area contributed by atoms with Crippen LogP contribution in [0.1, 0.15) is 5.56 Å². The van der Waals surface area contributed by atoms with Crippen LogP contribution in [0.3, 0.4) is 0 Å². The molecule has 14 heavy (non-hydrogen) atoms. The maximum atomic E-state index is 5.61. The molecule has 0 unspecified atom stereocenters. The van der Waals surface area contributed by atoms with E-state index in [0.29, 0.717) is 19.8 Å². The molecule has 0 fully saturated rings. The zero-order valence-electron chi connectivity index (χ0n) is 8.13. The van der Waals surface area contributed by atoms with E-state index in [4.69, 9.17) is 15.2 Å². The van der Waals surface area contributed by atoms with Gasteiger partial charge in [0, 0.05) is 23.7 Å². The van der Waals surface area contributed by atoms with Crippen LogP contribution in [0, 0.1) is 0 Å². The summed E-state index contributed by atoms with van der Waals surface area (Å²) in [7, 11) is 1.65. The lowest BCUT2D eigenvalue weighted by Crippen LogP contribution is -2.08. The molecule has 0 atom stereocenters. The summed E-state index contributed by atoms with van der Waals surface area (Å²) in [4.78, 5) is 0. The van der Waals surface area contributed by atoms with E-state index in [1.807, 2.05) is 18.2 Å². The Morgan fingerprint density at radius 2 is 2.14 bits per heavy atom. The standard InChI is InChI=1S/C10H14BrNO2/c1-13-5-6-14-10-4-2-3-9(11)8(10)7-12/h2-4H,5-7,12H2,1H3. The van der Waals surface area contributed by atoms with E-state index in [2.05, 4.69) is 15.9 Å². The van der Waals surface area contributed by atoms with Gasteiger partial charge in [-0.05, 0) is 12.1 Å². The van der Waals surface area contributed by atoms with Gasteiger partial charge in [0.25, 0.3) is 0 Å². The average Bonchev–Trinajstić information content (AvgIpc) is 2.18. The van der Waals surface area contributed by atoms with Crippen LogP contribution in [0.4, 0.5) is 0 Å². The van der Waals surface area contributed by atoms with Crippen LogP contribution in [0.2, 0.25) is 0 Å². The fourth-order valence-electron chi connectivity index (χ4n) is 1.11. The van der Waals surface area contributed by atoms with E-state index < -0.39 is 0 Å². The van der Waals surface area contributed by atoms with Crippen molar-refractivity contribution in [1.29, 1.82) is 0 Å². The van der Waals surface area contributed by atoms with Gasteiger partial charge in [0.05, 0.1) is 6.61 Å². The summed E-state index contributed by atoms with van der Waals surface area (Å²) in [6.07, 6.45) is 0. The maximum absolute atomic E-state index is 5.61. The summed E-state index contributed by atoms with van der Waals surface area (Å²) in [6.45, 7) is 1.58. The van der Waals surface area contributed by atoms with Gasteiger partial charge in [-0.3, -0.25) is 0 Å². The predicted octanol–water partition coefficient (Wildman–Crippen LogP) is 1.93. The second-order valence-electron chi connectivity index (χ2n) is 2.76. The number of benzene rings is 1. The molecule has 4 heteroatoms. The minimum absolute atomic E-state index is 0.462. The molecule has 1 aromatic rings. The van der Waals surface area contributed by atoms with Crippen LogP contribution in [0.5, 0.6) is 5.75 Å². The Morgan fingerprint density at radius 1 is 1.36 bits per heavy atom. The fraction of sp³-hybridized carbons (Fsp3) is 0.400. The number of methoxy groups -OCH3 is 1. The van der Waals surface area contributed by atoms with E-state index in [1.165, 1.54) is 0 Å². The molecule has 0 aliphatic heterocycles. The average molecular weight is 260 g/mol. The molecule has 1 aromatic carbocycles. The minimum atomic E-state index is 0.462. The zero-order chi connectivity index (χ0) is 10.4. The summed E-state index contributed by atoms with van der Waals surface area (Å²) < 4.78 is 11.4. The molecule has 0 aromatic heterocycles. The zero-order valence-corrected chi connectivity index (χ0v) is 9.71. The highest BCUT2D eigenvalue weighted by molar-refractivity contribution is 9.10. The lowest BCUT2D eigenvalue weighted by Gasteiger charge is -2.11. The molecule has 2 N–H and O–H groups in total. The van der Waals surface area contributed by atoms with Crippen molar-refractivity contribution < 1.29 is 9.47 Å². The van der Waals surface area contributed by atoms with Crippen LogP contribution in [0.25, 0.3) is 0 Å². The molecular formula is C10H14BrNO2. The number of hydrogen-bond donors (Lipinski definition) is 1. The molecule has 0 aliphatic carbocycles. The Hall–Kier alpha value is -0.580. The molecule has 3 nitrogen and oxygen atoms in total. The van der Waals surface area contributed by atoms with Crippen LogP contribution < -0.4 is 10.5 Å². The third kappa shape index (κ3) is 2.97. The Balaban J connectivity index is 2.70. The minimum Gasteiger partial charge on any atom is -0.491 e. The predicted molar refractivity (Wildman–Crippen MR) is 59.4 cm³/mol. The van der Waals surface area contributed by atoms with E-state index in [-0.39, 0.29) is 0 Å². The number of nitrogens with two attached hydrogens (primary N) is 1. The highest BCUT2D eigenvalue weighted by atomic mass is 79.9. The Morgan fingerprint density at radius 3 is 2.79 bits per heavy atom. The van der Waals surface area contributed by atoms with Crippen molar-refractivity contribution in [2.24, 2.45) is 5.73 Å².